The standard InChI is InChI=1S/C16H19F3N2O4S/c1-14(2)8-15(13(20)22)9-21(7-12(14)15)26(23,24)11-5-3-10(4-6-11)25-16(17,18)19/h3-6,12H,7-9H2,1-2H3,(H2,20,22)/t12-,15+/m1/s1. The van der Waals surface area contributed by atoms with E-state index in [1.54, 1.807) is 0 Å². The molecule has 1 saturated carbocycles. The predicted molar refractivity (Wildman–Crippen MR) is 85.4 cm³/mol. The average Bonchev–Trinajstić information content (AvgIpc) is 2.83. The van der Waals surface area contributed by atoms with Crippen LogP contribution in [-0.2, 0) is 14.8 Å². The first kappa shape index (κ1) is 19.0. The minimum atomic E-state index is -4.85. The molecule has 6 nitrogen and oxygen atoms in total. The Morgan fingerprint density at radius 3 is 2.27 bits per heavy atom. The molecule has 0 bridgehead atoms. The summed E-state index contributed by atoms with van der Waals surface area (Å²) in [6.07, 6.45) is -4.35. The third kappa shape index (κ3) is 2.94. The van der Waals surface area contributed by atoms with Crippen LogP contribution < -0.4 is 10.5 Å². The molecular formula is C16H19F3N2O4S. The van der Waals surface area contributed by atoms with Crippen molar-refractivity contribution in [1.29, 1.82) is 0 Å². The average molecular weight is 392 g/mol. The maximum absolute atomic E-state index is 12.8. The van der Waals surface area contributed by atoms with Gasteiger partial charge in [-0.2, -0.15) is 4.31 Å². The second kappa shape index (κ2) is 5.59. The lowest BCUT2D eigenvalue weighted by Gasteiger charge is -2.54. The van der Waals surface area contributed by atoms with Crippen molar-refractivity contribution in [3.63, 3.8) is 0 Å². The summed E-state index contributed by atoms with van der Waals surface area (Å²) >= 11 is 0. The van der Waals surface area contributed by atoms with Crippen molar-refractivity contribution in [2.24, 2.45) is 22.5 Å². The molecule has 0 aromatic heterocycles. The summed E-state index contributed by atoms with van der Waals surface area (Å²) in [4.78, 5) is 11.8. The smallest absolute Gasteiger partial charge is 0.406 e. The van der Waals surface area contributed by atoms with Gasteiger partial charge in [-0.3, -0.25) is 4.79 Å². The number of amides is 1. The van der Waals surface area contributed by atoms with Crippen molar-refractivity contribution in [3.8, 4) is 5.75 Å². The van der Waals surface area contributed by atoms with Crippen LogP contribution in [0.2, 0.25) is 0 Å². The number of sulfonamides is 1. The number of rotatable bonds is 4. The number of fused-ring (bicyclic) bond motifs is 1. The first-order valence-electron chi connectivity index (χ1n) is 7.94. The summed E-state index contributed by atoms with van der Waals surface area (Å²) in [5.74, 6) is -1.21. The zero-order valence-corrected chi connectivity index (χ0v) is 15.0. The third-order valence-corrected chi connectivity index (χ3v) is 7.24. The lowest BCUT2D eigenvalue weighted by atomic mass is 9.48. The van der Waals surface area contributed by atoms with Gasteiger partial charge in [0.15, 0.2) is 0 Å². The first-order chi connectivity index (χ1) is 11.8. The molecule has 1 aromatic carbocycles. The molecule has 2 N–H and O–H groups in total. The van der Waals surface area contributed by atoms with E-state index < -0.39 is 33.5 Å². The van der Waals surface area contributed by atoms with Crippen LogP contribution in [0, 0.1) is 16.7 Å². The normalized spacial score (nSPS) is 28.3. The molecule has 1 aliphatic heterocycles. The van der Waals surface area contributed by atoms with Gasteiger partial charge in [0.25, 0.3) is 0 Å². The van der Waals surface area contributed by atoms with E-state index >= 15 is 0 Å². The molecule has 1 saturated heterocycles. The number of alkyl halides is 3. The monoisotopic (exact) mass is 392 g/mol. The zero-order valence-electron chi connectivity index (χ0n) is 14.2. The van der Waals surface area contributed by atoms with Crippen LogP contribution in [0.3, 0.4) is 0 Å². The number of ether oxygens (including phenoxy) is 1. The Bertz CT molecular complexity index is 836. The lowest BCUT2D eigenvalue weighted by molar-refractivity contribution is -0.274. The number of halogens is 3. The number of primary amides is 1. The number of nitrogens with two attached hydrogens (primary N) is 1. The third-order valence-electron chi connectivity index (χ3n) is 5.41. The van der Waals surface area contributed by atoms with Crippen molar-refractivity contribution in [2.75, 3.05) is 13.1 Å². The van der Waals surface area contributed by atoms with E-state index in [9.17, 15) is 26.4 Å². The SMILES string of the molecule is CC1(C)C[C@]2(C(N)=O)CN(S(=O)(=O)c3ccc(OC(F)(F)F)cc3)C[C@H]12. The summed E-state index contributed by atoms with van der Waals surface area (Å²) in [5, 5.41) is 0. The molecule has 2 fully saturated rings. The predicted octanol–water partition coefficient (Wildman–Crippen LogP) is 2.11. The van der Waals surface area contributed by atoms with Crippen molar-refractivity contribution < 1.29 is 31.1 Å². The molecule has 0 radical (unpaired) electrons. The molecule has 2 aliphatic rings. The lowest BCUT2D eigenvalue weighted by Crippen LogP contribution is -2.59. The summed E-state index contributed by atoms with van der Waals surface area (Å²) in [7, 11) is -3.96. The molecule has 1 heterocycles. The Morgan fingerprint density at radius 1 is 1.27 bits per heavy atom. The first-order valence-corrected chi connectivity index (χ1v) is 9.38. The molecule has 0 spiro atoms. The van der Waals surface area contributed by atoms with E-state index in [4.69, 9.17) is 5.73 Å². The summed E-state index contributed by atoms with van der Waals surface area (Å²) in [6.45, 7) is 4.05. The van der Waals surface area contributed by atoms with Gasteiger partial charge < -0.3 is 10.5 Å². The zero-order chi connectivity index (χ0) is 19.5. The molecule has 0 unspecified atom stereocenters. The largest absolute Gasteiger partial charge is 0.573 e. The van der Waals surface area contributed by atoms with Crippen molar-refractivity contribution >= 4 is 15.9 Å². The van der Waals surface area contributed by atoms with Gasteiger partial charge in [0.1, 0.15) is 5.75 Å². The fourth-order valence-corrected chi connectivity index (χ4v) is 5.85. The highest BCUT2D eigenvalue weighted by molar-refractivity contribution is 7.89. The van der Waals surface area contributed by atoms with Crippen LogP contribution in [0.4, 0.5) is 13.2 Å². The van der Waals surface area contributed by atoms with Crippen LogP contribution in [0.15, 0.2) is 29.2 Å². The molecule has 1 aliphatic carbocycles. The van der Waals surface area contributed by atoms with E-state index in [0.29, 0.717) is 6.42 Å². The Balaban J connectivity index is 1.84. The highest BCUT2D eigenvalue weighted by Gasteiger charge is 2.67. The molecule has 1 amide bonds. The highest BCUT2D eigenvalue weighted by Crippen LogP contribution is 2.63. The second-order valence-corrected chi connectivity index (χ2v) is 9.49. The number of carbonyl (C=O) groups excluding carboxylic acids is 1. The summed E-state index contributed by atoms with van der Waals surface area (Å²) < 4.78 is 67.2. The van der Waals surface area contributed by atoms with Crippen LogP contribution >= 0.6 is 0 Å². The fraction of sp³-hybridized carbons (Fsp3) is 0.562. The number of hydrogen-bond acceptors (Lipinski definition) is 4. The topological polar surface area (TPSA) is 89.7 Å². The maximum atomic E-state index is 12.8. The molecule has 3 rings (SSSR count). The van der Waals surface area contributed by atoms with Crippen molar-refractivity contribution in [1.82, 2.24) is 4.31 Å². The van der Waals surface area contributed by atoms with Crippen molar-refractivity contribution in [2.45, 2.75) is 31.5 Å². The van der Waals surface area contributed by atoms with Crippen LogP contribution in [0.1, 0.15) is 20.3 Å². The minimum Gasteiger partial charge on any atom is -0.406 e. The summed E-state index contributed by atoms with van der Waals surface area (Å²) in [6, 6.07) is 4.00. The van der Waals surface area contributed by atoms with Crippen LogP contribution in [0.25, 0.3) is 0 Å². The maximum Gasteiger partial charge on any atom is 0.573 e. The number of nitrogens with zero attached hydrogens (tertiary/aromatic N) is 1. The van der Waals surface area contributed by atoms with Crippen LogP contribution in [0.5, 0.6) is 5.75 Å². The molecular weight excluding hydrogens is 373 g/mol. The van der Waals surface area contributed by atoms with Gasteiger partial charge in [-0.25, -0.2) is 8.42 Å². The van der Waals surface area contributed by atoms with Gasteiger partial charge in [-0.05, 0) is 42.0 Å². The Morgan fingerprint density at radius 2 is 1.85 bits per heavy atom. The highest BCUT2D eigenvalue weighted by atomic mass is 32.2. The second-order valence-electron chi connectivity index (χ2n) is 7.56. The van der Waals surface area contributed by atoms with Gasteiger partial charge in [0.2, 0.25) is 15.9 Å². The van der Waals surface area contributed by atoms with E-state index in [1.807, 2.05) is 13.8 Å². The molecule has 144 valence electrons. The van der Waals surface area contributed by atoms with E-state index in [0.717, 1.165) is 24.3 Å². The van der Waals surface area contributed by atoms with E-state index in [2.05, 4.69) is 4.74 Å². The number of carbonyl (C=O) groups is 1. The van der Waals surface area contributed by atoms with Crippen LogP contribution in [-0.4, -0.2) is 38.1 Å². The summed E-state index contributed by atoms with van der Waals surface area (Å²) in [5.41, 5.74) is 4.45. The molecule has 2 atom stereocenters. The Labute approximate surface area is 149 Å². The Kier molecular flexibility index (Phi) is 4.08. The van der Waals surface area contributed by atoms with Gasteiger partial charge in [-0.15, -0.1) is 13.2 Å². The molecule has 26 heavy (non-hydrogen) atoms. The minimum absolute atomic E-state index is 0.0143. The number of hydrogen-bond donors (Lipinski definition) is 1. The molecule has 1 aromatic rings. The van der Waals surface area contributed by atoms with Gasteiger partial charge in [-0.1, -0.05) is 13.8 Å². The van der Waals surface area contributed by atoms with E-state index in [1.165, 1.54) is 4.31 Å². The molecule has 10 heteroatoms. The quantitative estimate of drug-likeness (QED) is 0.850. The van der Waals surface area contributed by atoms with Crippen molar-refractivity contribution in [3.05, 3.63) is 24.3 Å². The Hall–Kier alpha value is -1.81. The number of benzene rings is 1. The van der Waals surface area contributed by atoms with Gasteiger partial charge >= 0.3 is 6.36 Å². The fourth-order valence-electron chi connectivity index (χ4n) is 4.33. The van der Waals surface area contributed by atoms with Gasteiger partial charge in [0.05, 0.1) is 10.3 Å². The van der Waals surface area contributed by atoms with Gasteiger partial charge in [0, 0.05) is 13.1 Å². The van der Waals surface area contributed by atoms with E-state index in [-0.39, 0.29) is 29.3 Å².